The third-order valence-electron chi connectivity index (χ3n) is 3.06. The van der Waals surface area contributed by atoms with E-state index in [0.29, 0.717) is 5.95 Å². The lowest BCUT2D eigenvalue weighted by Gasteiger charge is -2.06. The summed E-state index contributed by atoms with van der Waals surface area (Å²) in [5.74, 6) is 1.21. The lowest BCUT2D eigenvalue weighted by Crippen LogP contribution is -2.04. The zero-order valence-corrected chi connectivity index (χ0v) is 10.5. The van der Waals surface area contributed by atoms with E-state index in [1.165, 1.54) is 0 Å². The van der Waals surface area contributed by atoms with Crippen LogP contribution in [-0.4, -0.2) is 19.6 Å². The van der Waals surface area contributed by atoms with E-state index in [9.17, 15) is 0 Å². The highest BCUT2D eigenvalue weighted by molar-refractivity contribution is 5.93. The average molecular weight is 241 g/mol. The van der Waals surface area contributed by atoms with E-state index >= 15 is 0 Å². The number of fused-ring (bicyclic) bond motifs is 3. The Kier molecular flexibility index (Phi) is 2.40. The first-order valence-electron chi connectivity index (χ1n) is 6.11. The molecule has 0 saturated heterocycles. The SMILES string of the molecule is CCCc1nc2c(C)cccc2c2nc(N)nn12. The summed E-state index contributed by atoms with van der Waals surface area (Å²) in [5, 5.41) is 5.23. The summed E-state index contributed by atoms with van der Waals surface area (Å²) in [6, 6.07) is 6.07. The monoisotopic (exact) mass is 241 g/mol. The van der Waals surface area contributed by atoms with Crippen molar-refractivity contribution in [3.8, 4) is 0 Å². The molecule has 2 N–H and O–H groups in total. The Bertz CT molecular complexity index is 729. The molecule has 2 aromatic heterocycles. The van der Waals surface area contributed by atoms with Crippen molar-refractivity contribution in [3.05, 3.63) is 29.6 Å². The highest BCUT2D eigenvalue weighted by Crippen LogP contribution is 2.22. The van der Waals surface area contributed by atoms with Gasteiger partial charge in [-0.1, -0.05) is 19.1 Å². The topological polar surface area (TPSA) is 69.1 Å². The summed E-state index contributed by atoms with van der Waals surface area (Å²) in [6.45, 7) is 4.18. The zero-order chi connectivity index (χ0) is 12.7. The highest BCUT2D eigenvalue weighted by Gasteiger charge is 2.12. The Morgan fingerprint density at radius 3 is 2.89 bits per heavy atom. The summed E-state index contributed by atoms with van der Waals surface area (Å²) in [4.78, 5) is 9.03. The molecule has 0 saturated carbocycles. The van der Waals surface area contributed by atoms with Crippen LogP contribution in [0.2, 0.25) is 0 Å². The van der Waals surface area contributed by atoms with E-state index in [4.69, 9.17) is 10.7 Å². The van der Waals surface area contributed by atoms with E-state index in [0.717, 1.165) is 40.8 Å². The van der Waals surface area contributed by atoms with E-state index in [1.54, 1.807) is 4.52 Å². The molecule has 3 aromatic rings. The second-order valence-electron chi connectivity index (χ2n) is 4.45. The van der Waals surface area contributed by atoms with Crippen molar-refractivity contribution in [1.29, 1.82) is 0 Å². The molecule has 5 heteroatoms. The fraction of sp³-hybridized carbons (Fsp3) is 0.308. The van der Waals surface area contributed by atoms with E-state index in [-0.39, 0.29) is 0 Å². The fourth-order valence-electron chi connectivity index (χ4n) is 2.23. The molecule has 0 atom stereocenters. The average Bonchev–Trinajstić information content (AvgIpc) is 2.73. The number of para-hydroxylation sites is 1. The normalized spacial score (nSPS) is 11.4. The number of hydrogen-bond acceptors (Lipinski definition) is 4. The van der Waals surface area contributed by atoms with Crippen molar-refractivity contribution >= 4 is 22.5 Å². The number of anilines is 1. The van der Waals surface area contributed by atoms with Crippen LogP contribution in [-0.2, 0) is 6.42 Å². The van der Waals surface area contributed by atoms with Gasteiger partial charge < -0.3 is 5.73 Å². The largest absolute Gasteiger partial charge is 0.366 e. The number of nitrogen functional groups attached to an aromatic ring is 1. The Labute approximate surface area is 105 Å². The maximum absolute atomic E-state index is 5.71. The Morgan fingerprint density at radius 2 is 2.11 bits per heavy atom. The molecule has 92 valence electrons. The molecule has 5 nitrogen and oxygen atoms in total. The van der Waals surface area contributed by atoms with Crippen LogP contribution in [0.25, 0.3) is 16.6 Å². The fourth-order valence-corrected chi connectivity index (χ4v) is 2.23. The van der Waals surface area contributed by atoms with Crippen molar-refractivity contribution < 1.29 is 0 Å². The minimum Gasteiger partial charge on any atom is -0.366 e. The van der Waals surface area contributed by atoms with Crippen LogP contribution in [0, 0.1) is 6.92 Å². The molecule has 0 unspecified atom stereocenters. The summed E-state index contributed by atoms with van der Waals surface area (Å²) in [7, 11) is 0. The van der Waals surface area contributed by atoms with Gasteiger partial charge in [-0.15, -0.1) is 5.10 Å². The van der Waals surface area contributed by atoms with E-state index in [2.05, 4.69) is 30.0 Å². The van der Waals surface area contributed by atoms with Gasteiger partial charge in [0.2, 0.25) is 5.95 Å². The summed E-state index contributed by atoms with van der Waals surface area (Å²) in [6.07, 6.45) is 1.88. The maximum atomic E-state index is 5.71. The van der Waals surface area contributed by atoms with Crippen molar-refractivity contribution in [1.82, 2.24) is 19.6 Å². The first-order valence-corrected chi connectivity index (χ1v) is 6.11. The predicted octanol–water partition coefficient (Wildman–Crippen LogP) is 2.12. The lowest BCUT2D eigenvalue weighted by atomic mass is 10.1. The third-order valence-corrected chi connectivity index (χ3v) is 3.06. The van der Waals surface area contributed by atoms with Crippen LogP contribution in [0.15, 0.2) is 18.2 Å². The first-order chi connectivity index (χ1) is 8.70. The van der Waals surface area contributed by atoms with Crippen LogP contribution in [0.4, 0.5) is 5.95 Å². The Morgan fingerprint density at radius 1 is 1.28 bits per heavy atom. The molecule has 0 aliphatic rings. The van der Waals surface area contributed by atoms with Gasteiger partial charge in [-0.3, -0.25) is 0 Å². The van der Waals surface area contributed by atoms with Crippen molar-refractivity contribution in [2.75, 3.05) is 5.73 Å². The number of rotatable bonds is 2. The maximum Gasteiger partial charge on any atom is 0.240 e. The molecular formula is C13H15N5. The number of aromatic nitrogens is 4. The van der Waals surface area contributed by atoms with Gasteiger partial charge in [0.05, 0.1) is 5.52 Å². The quantitative estimate of drug-likeness (QED) is 0.746. The molecule has 0 fully saturated rings. The molecule has 0 aliphatic heterocycles. The summed E-state index contributed by atoms with van der Waals surface area (Å²) >= 11 is 0. The highest BCUT2D eigenvalue weighted by atomic mass is 15.3. The van der Waals surface area contributed by atoms with Gasteiger partial charge in [0.15, 0.2) is 5.65 Å². The molecule has 0 amide bonds. The van der Waals surface area contributed by atoms with Gasteiger partial charge in [-0.25, -0.2) is 4.98 Å². The van der Waals surface area contributed by atoms with Crippen LogP contribution < -0.4 is 5.73 Å². The number of hydrogen-bond donors (Lipinski definition) is 1. The molecule has 2 heterocycles. The van der Waals surface area contributed by atoms with Gasteiger partial charge in [0.1, 0.15) is 5.82 Å². The van der Waals surface area contributed by atoms with Crippen LogP contribution in [0.1, 0.15) is 24.7 Å². The minimum atomic E-state index is 0.295. The van der Waals surface area contributed by atoms with Gasteiger partial charge in [0, 0.05) is 11.8 Å². The number of nitrogens with zero attached hydrogens (tertiary/aromatic N) is 4. The Balaban J connectivity index is 2.48. The van der Waals surface area contributed by atoms with Crippen molar-refractivity contribution in [2.45, 2.75) is 26.7 Å². The summed E-state index contributed by atoms with van der Waals surface area (Å²) in [5.41, 5.74) is 8.64. The van der Waals surface area contributed by atoms with Gasteiger partial charge in [0.25, 0.3) is 0 Å². The standard InChI is InChI=1S/C13H15N5/c1-3-5-10-15-11-8(2)6-4-7-9(11)12-16-13(14)17-18(10)12/h4,6-7H,3,5H2,1-2H3,(H2,14,17). The number of aryl methyl sites for hydroxylation is 2. The van der Waals surface area contributed by atoms with Crippen LogP contribution in [0.5, 0.6) is 0 Å². The molecule has 0 spiro atoms. The second-order valence-corrected chi connectivity index (χ2v) is 4.45. The Hall–Kier alpha value is -2.17. The van der Waals surface area contributed by atoms with Gasteiger partial charge in [-0.2, -0.15) is 9.50 Å². The molecular weight excluding hydrogens is 226 g/mol. The van der Waals surface area contributed by atoms with Crippen molar-refractivity contribution in [2.24, 2.45) is 0 Å². The molecule has 0 radical (unpaired) electrons. The molecule has 0 bridgehead atoms. The predicted molar refractivity (Wildman–Crippen MR) is 71.4 cm³/mol. The van der Waals surface area contributed by atoms with Crippen LogP contribution in [0.3, 0.4) is 0 Å². The number of benzene rings is 1. The molecule has 18 heavy (non-hydrogen) atoms. The van der Waals surface area contributed by atoms with Gasteiger partial charge >= 0.3 is 0 Å². The van der Waals surface area contributed by atoms with Crippen LogP contribution >= 0.6 is 0 Å². The minimum absolute atomic E-state index is 0.295. The molecule has 0 aliphatic carbocycles. The lowest BCUT2D eigenvalue weighted by molar-refractivity contribution is 0.771. The molecule has 1 aromatic carbocycles. The van der Waals surface area contributed by atoms with Crippen molar-refractivity contribution in [3.63, 3.8) is 0 Å². The third kappa shape index (κ3) is 1.51. The second kappa shape index (κ2) is 3.94. The number of nitrogens with two attached hydrogens (primary N) is 1. The van der Waals surface area contributed by atoms with Gasteiger partial charge in [-0.05, 0) is 25.0 Å². The first kappa shape index (κ1) is 11.0. The van der Waals surface area contributed by atoms with E-state index < -0.39 is 0 Å². The zero-order valence-electron chi connectivity index (χ0n) is 10.5. The summed E-state index contributed by atoms with van der Waals surface area (Å²) < 4.78 is 1.76. The van der Waals surface area contributed by atoms with E-state index in [1.807, 2.05) is 12.1 Å². The molecule has 3 rings (SSSR count). The smallest absolute Gasteiger partial charge is 0.240 e.